The highest BCUT2D eigenvalue weighted by Gasteiger charge is 2.19. The largest absolute Gasteiger partial charge is 0.368 e. The van der Waals surface area contributed by atoms with E-state index in [0.717, 1.165) is 5.82 Å². The summed E-state index contributed by atoms with van der Waals surface area (Å²) < 4.78 is 1.54. The highest BCUT2D eigenvalue weighted by atomic mass is 16.1. The van der Waals surface area contributed by atoms with Crippen molar-refractivity contribution in [3.05, 3.63) is 12.2 Å². The van der Waals surface area contributed by atoms with Gasteiger partial charge in [0.25, 0.3) is 0 Å². The molecule has 0 aliphatic carbocycles. The van der Waals surface area contributed by atoms with Crippen molar-refractivity contribution < 1.29 is 4.79 Å². The molecule has 0 bridgehead atoms. The van der Waals surface area contributed by atoms with Gasteiger partial charge in [0.05, 0.1) is 6.54 Å². The average Bonchev–Trinajstić information content (AvgIpc) is 2.51. The van der Waals surface area contributed by atoms with E-state index >= 15 is 0 Å². The summed E-state index contributed by atoms with van der Waals surface area (Å²) in [5.74, 6) is 0.182. The van der Waals surface area contributed by atoms with Crippen LogP contribution in [0.1, 0.15) is 26.6 Å². The SMILES string of the molecule is CC(C)(C)c1ncn(CC(N)C(N)=O)n1. The van der Waals surface area contributed by atoms with Crippen molar-refractivity contribution in [1.29, 1.82) is 0 Å². The predicted molar refractivity (Wildman–Crippen MR) is 55.9 cm³/mol. The number of rotatable bonds is 3. The molecule has 1 aromatic rings. The fourth-order valence-electron chi connectivity index (χ4n) is 1.02. The van der Waals surface area contributed by atoms with E-state index in [0.29, 0.717) is 0 Å². The summed E-state index contributed by atoms with van der Waals surface area (Å²) >= 11 is 0. The zero-order valence-corrected chi connectivity index (χ0v) is 9.27. The summed E-state index contributed by atoms with van der Waals surface area (Å²) in [7, 11) is 0. The van der Waals surface area contributed by atoms with Crippen molar-refractivity contribution in [2.24, 2.45) is 11.5 Å². The van der Waals surface area contributed by atoms with Crippen molar-refractivity contribution in [3.63, 3.8) is 0 Å². The van der Waals surface area contributed by atoms with Gasteiger partial charge in [-0.25, -0.2) is 4.98 Å². The lowest BCUT2D eigenvalue weighted by atomic mass is 9.96. The Hall–Kier alpha value is -1.43. The van der Waals surface area contributed by atoms with E-state index in [1.807, 2.05) is 20.8 Å². The first-order valence-electron chi connectivity index (χ1n) is 4.75. The van der Waals surface area contributed by atoms with Crippen molar-refractivity contribution in [2.45, 2.75) is 38.8 Å². The van der Waals surface area contributed by atoms with E-state index in [1.54, 1.807) is 6.33 Å². The molecular weight excluding hydrogens is 194 g/mol. The van der Waals surface area contributed by atoms with Gasteiger partial charge in [0, 0.05) is 5.41 Å². The summed E-state index contributed by atoms with van der Waals surface area (Å²) in [6, 6.07) is -0.723. The van der Waals surface area contributed by atoms with Crippen molar-refractivity contribution in [2.75, 3.05) is 0 Å². The van der Waals surface area contributed by atoms with Gasteiger partial charge in [-0.05, 0) is 0 Å². The molecule has 6 heteroatoms. The molecule has 15 heavy (non-hydrogen) atoms. The standard InChI is InChI=1S/C9H17N5O/c1-9(2,3)8-12-5-14(13-8)4-6(10)7(11)15/h5-6H,4,10H2,1-3H3,(H2,11,15). The summed E-state index contributed by atoms with van der Waals surface area (Å²) in [6.07, 6.45) is 1.56. The molecule has 1 rings (SSSR count). The van der Waals surface area contributed by atoms with Gasteiger partial charge < -0.3 is 11.5 Å². The van der Waals surface area contributed by atoms with Crippen LogP contribution in [-0.2, 0) is 16.8 Å². The zero-order chi connectivity index (χ0) is 11.6. The second-order valence-electron chi connectivity index (χ2n) is 4.55. The molecule has 6 nitrogen and oxygen atoms in total. The molecule has 4 N–H and O–H groups in total. The molecule has 0 radical (unpaired) electrons. The van der Waals surface area contributed by atoms with Crippen molar-refractivity contribution in [3.8, 4) is 0 Å². The van der Waals surface area contributed by atoms with Crippen LogP contribution in [0.15, 0.2) is 6.33 Å². The Bertz CT molecular complexity index is 352. The number of hydrogen-bond donors (Lipinski definition) is 2. The highest BCUT2D eigenvalue weighted by Crippen LogP contribution is 2.16. The van der Waals surface area contributed by atoms with Gasteiger partial charge in [-0.2, -0.15) is 5.10 Å². The van der Waals surface area contributed by atoms with E-state index < -0.39 is 11.9 Å². The second kappa shape index (κ2) is 3.98. The topological polar surface area (TPSA) is 99.8 Å². The zero-order valence-electron chi connectivity index (χ0n) is 9.27. The van der Waals surface area contributed by atoms with Crippen LogP contribution in [0.3, 0.4) is 0 Å². The third-order valence-corrected chi connectivity index (χ3v) is 1.96. The first-order valence-corrected chi connectivity index (χ1v) is 4.75. The third-order valence-electron chi connectivity index (χ3n) is 1.96. The average molecular weight is 211 g/mol. The van der Waals surface area contributed by atoms with Crippen LogP contribution in [0.25, 0.3) is 0 Å². The molecule has 1 atom stereocenters. The molecule has 1 amide bonds. The summed E-state index contributed by atoms with van der Waals surface area (Å²) in [5.41, 5.74) is 10.4. The highest BCUT2D eigenvalue weighted by molar-refractivity contribution is 5.79. The van der Waals surface area contributed by atoms with Crippen LogP contribution in [0.5, 0.6) is 0 Å². The Labute approximate surface area is 88.7 Å². The molecular formula is C9H17N5O. The van der Waals surface area contributed by atoms with Crippen molar-refractivity contribution in [1.82, 2.24) is 14.8 Å². The maximum atomic E-state index is 10.7. The quantitative estimate of drug-likeness (QED) is 0.696. The van der Waals surface area contributed by atoms with Gasteiger partial charge in [0.2, 0.25) is 5.91 Å². The molecule has 0 spiro atoms. The minimum absolute atomic E-state index is 0.109. The summed E-state index contributed by atoms with van der Waals surface area (Å²) in [6.45, 7) is 6.31. The normalized spacial score (nSPS) is 13.9. The molecule has 0 fully saturated rings. The molecule has 84 valence electrons. The van der Waals surface area contributed by atoms with Gasteiger partial charge in [0.15, 0.2) is 5.82 Å². The third kappa shape index (κ3) is 3.02. The molecule has 1 aromatic heterocycles. The molecule has 1 unspecified atom stereocenters. The fourth-order valence-corrected chi connectivity index (χ4v) is 1.02. The van der Waals surface area contributed by atoms with Crippen LogP contribution in [0.4, 0.5) is 0 Å². The number of carbonyl (C=O) groups excluding carboxylic acids is 1. The molecule has 0 aliphatic heterocycles. The lowest BCUT2D eigenvalue weighted by molar-refractivity contribution is -0.119. The van der Waals surface area contributed by atoms with Crippen LogP contribution < -0.4 is 11.5 Å². The molecule has 0 saturated heterocycles. The van der Waals surface area contributed by atoms with Crippen molar-refractivity contribution >= 4 is 5.91 Å². The van der Waals surface area contributed by atoms with E-state index in [1.165, 1.54) is 4.68 Å². The Kier molecular flexibility index (Phi) is 3.09. The van der Waals surface area contributed by atoms with E-state index in [4.69, 9.17) is 11.5 Å². The van der Waals surface area contributed by atoms with Gasteiger partial charge in [-0.15, -0.1) is 0 Å². The summed E-state index contributed by atoms with van der Waals surface area (Å²) in [5, 5.41) is 4.22. The number of carbonyl (C=O) groups is 1. The number of amides is 1. The Balaban J connectivity index is 2.73. The molecule has 0 aromatic carbocycles. The number of primary amides is 1. The number of nitrogens with two attached hydrogens (primary N) is 2. The fraction of sp³-hybridized carbons (Fsp3) is 0.667. The van der Waals surface area contributed by atoms with Crippen LogP contribution >= 0.6 is 0 Å². The minimum Gasteiger partial charge on any atom is -0.368 e. The first kappa shape index (κ1) is 11.6. The van der Waals surface area contributed by atoms with E-state index in [9.17, 15) is 4.79 Å². The Morgan fingerprint density at radius 1 is 1.60 bits per heavy atom. The second-order valence-corrected chi connectivity index (χ2v) is 4.55. The van der Waals surface area contributed by atoms with Crippen LogP contribution in [-0.4, -0.2) is 26.7 Å². The Morgan fingerprint density at radius 2 is 2.20 bits per heavy atom. The van der Waals surface area contributed by atoms with Gasteiger partial charge >= 0.3 is 0 Å². The van der Waals surface area contributed by atoms with E-state index in [-0.39, 0.29) is 12.0 Å². The number of aromatic nitrogens is 3. The van der Waals surface area contributed by atoms with E-state index in [2.05, 4.69) is 10.1 Å². The number of nitrogens with zero attached hydrogens (tertiary/aromatic N) is 3. The predicted octanol–water partition coefficient (Wildman–Crippen LogP) is -0.612. The maximum Gasteiger partial charge on any atom is 0.236 e. The monoisotopic (exact) mass is 211 g/mol. The first-order chi connectivity index (χ1) is 6.80. The Morgan fingerprint density at radius 3 is 2.60 bits per heavy atom. The minimum atomic E-state index is -0.723. The lowest BCUT2D eigenvalue weighted by Crippen LogP contribution is -2.40. The van der Waals surface area contributed by atoms with Crippen LogP contribution in [0.2, 0.25) is 0 Å². The van der Waals surface area contributed by atoms with Gasteiger partial charge in [-0.1, -0.05) is 20.8 Å². The molecule has 0 aliphatic rings. The van der Waals surface area contributed by atoms with Gasteiger partial charge in [-0.3, -0.25) is 9.48 Å². The number of hydrogen-bond acceptors (Lipinski definition) is 4. The van der Waals surface area contributed by atoms with Crippen LogP contribution in [0, 0.1) is 0 Å². The lowest BCUT2D eigenvalue weighted by Gasteiger charge is -2.12. The molecule has 1 heterocycles. The summed E-state index contributed by atoms with van der Waals surface area (Å²) in [4.78, 5) is 14.9. The molecule has 0 saturated carbocycles. The van der Waals surface area contributed by atoms with Gasteiger partial charge in [0.1, 0.15) is 12.4 Å². The maximum absolute atomic E-state index is 10.7. The smallest absolute Gasteiger partial charge is 0.236 e.